The molecule has 3 aromatic rings. The van der Waals surface area contributed by atoms with Crippen molar-refractivity contribution in [3.8, 4) is 29.5 Å². The zero-order chi connectivity index (χ0) is 18.4. The number of anilines is 2. The molecule has 0 amide bonds. The highest BCUT2D eigenvalue weighted by molar-refractivity contribution is 5.61. The second-order valence-electron chi connectivity index (χ2n) is 5.11. The van der Waals surface area contributed by atoms with Crippen LogP contribution in [0.4, 0.5) is 11.6 Å². The molecule has 0 unspecified atom stereocenters. The molecule has 1 aromatic heterocycles. The summed E-state index contributed by atoms with van der Waals surface area (Å²) in [6.07, 6.45) is 1.57. The Hall–Kier alpha value is -4.10. The lowest BCUT2D eigenvalue weighted by molar-refractivity contribution is 0.397. The molecule has 0 aliphatic heterocycles. The third-order valence-corrected chi connectivity index (χ3v) is 3.39. The van der Waals surface area contributed by atoms with Gasteiger partial charge in [0.1, 0.15) is 17.6 Å². The molecule has 0 aliphatic carbocycles. The second kappa shape index (κ2) is 7.65. The summed E-state index contributed by atoms with van der Waals surface area (Å²) in [5.74, 6) is 1.61. The van der Waals surface area contributed by atoms with Crippen LogP contribution in [0.2, 0.25) is 0 Å². The molecule has 0 saturated heterocycles. The van der Waals surface area contributed by atoms with Crippen LogP contribution in [0.1, 0.15) is 11.1 Å². The lowest BCUT2D eigenvalue weighted by atomic mass is 10.2. The summed E-state index contributed by atoms with van der Waals surface area (Å²) >= 11 is 0. The van der Waals surface area contributed by atoms with Crippen LogP contribution in [0.15, 0.2) is 54.7 Å². The van der Waals surface area contributed by atoms with E-state index in [0.717, 1.165) is 0 Å². The first-order valence-electron chi connectivity index (χ1n) is 7.58. The van der Waals surface area contributed by atoms with Crippen molar-refractivity contribution < 1.29 is 9.47 Å². The normalized spacial score (nSPS) is 9.65. The van der Waals surface area contributed by atoms with Gasteiger partial charge < -0.3 is 14.8 Å². The molecule has 0 fully saturated rings. The monoisotopic (exact) mass is 343 g/mol. The number of nitrogens with one attached hydrogen (secondary N) is 1. The van der Waals surface area contributed by atoms with E-state index in [2.05, 4.69) is 27.4 Å². The van der Waals surface area contributed by atoms with Gasteiger partial charge in [0.25, 0.3) is 0 Å². The van der Waals surface area contributed by atoms with Gasteiger partial charge in [0.15, 0.2) is 0 Å². The molecule has 1 heterocycles. The Bertz CT molecular complexity index is 1020. The molecular weight excluding hydrogens is 330 g/mol. The van der Waals surface area contributed by atoms with E-state index in [0.29, 0.717) is 40.1 Å². The molecule has 0 aliphatic rings. The van der Waals surface area contributed by atoms with Crippen molar-refractivity contribution >= 4 is 11.6 Å². The molecule has 0 radical (unpaired) electrons. The van der Waals surface area contributed by atoms with Crippen LogP contribution < -0.4 is 14.8 Å². The topological polar surface area (TPSA) is 104 Å². The predicted molar refractivity (Wildman–Crippen MR) is 94.3 cm³/mol. The number of hydrogen-bond acceptors (Lipinski definition) is 7. The van der Waals surface area contributed by atoms with Crippen molar-refractivity contribution in [1.29, 1.82) is 10.5 Å². The number of nitrogens with zero attached hydrogens (tertiary/aromatic N) is 4. The first kappa shape index (κ1) is 16.7. The summed E-state index contributed by atoms with van der Waals surface area (Å²) in [4.78, 5) is 8.30. The largest absolute Gasteiger partial charge is 0.481 e. The van der Waals surface area contributed by atoms with Crippen LogP contribution in [0.5, 0.6) is 17.4 Å². The molecule has 7 nitrogen and oxygen atoms in total. The number of rotatable bonds is 5. The third kappa shape index (κ3) is 3.86. The average Bonchev–Trinajstić information content (AvgIpc) is 2.68. The maximum atomic E-state index is 9.30. The van der Waals surface area contributed by atoms with Gasteiger partial charge in [0.2, 0.25) is 11.8 Å². The number of aromatic nitrogens is 2. The fourth-order valence-electron chi connectivity index (χ4n) is 2.18. The van der Waals surface area contributed by atoms with Crippen molar-refractivity contribution in [2.24, 2.45) is 0 Å². The summed E-state index contributed by atoms with van der Waals surface area (Å²) in [6, 6.07) is 17.5. The van der Waals surface area contributed by atoms with Gasteiger partial charge in [0.05, 0.1) is 24.3 Å². The standard InChI is InChI=1S/C19H13N5O2/c1-25-18-7-8-22-19(24-18)23-15-6-5-14(12-21)17(10-15)26-16-4-2-3-13(9-16)11-20/h2-10H,1H3,(H,22,23,24). The Kier molecular flexibility index (Phi) is 4.93. The van der Waals surface area contributed by atoms with Crippen LogP contribution in [0.25, 0.3) is 0 Å². The fourth-order valence-corrected chi connectivity index (χ4v) is 2.18. The highest BCUT2D eigenvalue weighted by Gasteiger charge is 2.08. The number of ether oxygens (including phenoxy) is 2. The smallest absolute Gasteiger partial charge is 0.230 e. The number of benzene rings is 2. The first-order valence-corrected chi connectivity index (χ1v) is 7.58. The van der Waals surface area contributed by atoms with Crippen LogP contribution in [-0.4, -0.2) is 17.1 Å². The van der Waals surface area contributed by atoms with Crippen LogP contribution in [0, 0.1) is 22.7 Å². The maximum Gasteiger partial charge on any atom is 0.230 e. The second-order valence-corrected chi connectivity index (χ2v) is 5.11. The van der Waals surface area contributed by atoms with E-state index in [4.69, 9.17) is 14.7 Å². The summed E-state index contributed by atoms with van der Waals surface area (Å²) in [7, 11) is 1.52. The van der Waals surface area contributed by atoms with Crippen molar-refractivity contribution in [2.45, 2.75) is 0 Å². The molecule has 126 valence electrons. The van der Waals surface area contributed by atoms with Crippen LogP contribution in [-0.2, 0) is 0 Å². The van der Waals surface area contributed by atoms with Gasteiger partial charge in [-0.25, -0.2) is 4.98 Å². The van der Waals surface area contributed by atoms with Gasteiger partial charge in [-0.15, -0.1) is 0 Å². The minimum absolute atomic E-state index is 0.353. The van der Waals surface area contributed by atoms with Crippen LogP contribution >= 0.6 is 0 Å². The predicted octanol–water partition coefficient (Wildman–Crippen LogP) is 3.76. The van der Waals surface area contributed by atoms with Gasteiger partial charge in [0, 0.05) is 24.0 Å². The van der Waals surface area contributed by atoms with Crippen molar-refractivity contribution in [2.75, 3.05) is 12.4 Å². The molecule has 0 bridgehead atoms. The summed E-state index contributed by atoms with van der Waals surface area (Å²) < 4.78 is 10.9. The Morgan fingerprint density at radius 2 is 1.92 bits per heavy atom. The Morgan fingerprint density at radius 1 is 1.04 bits per heavy atom. The molecule has 7 heteroatoms. The van der Waals surface area contributed by atoms with Gasteiger partial charge in [-0.2, -0.15) is 15.5 Å². The number of nitriles is 2. The quantitative estimate of drug-likeness (QED) is 0.752. The van der Waals surface area contributed by atoms with E-state index < -0.39 is 0 Å². The minimum Gasteiger partial charge on any atom is -0.481 e. The van der Waals surface area contributed by atoms with Gasteiger partial charge in [-0.3, -0.25) is 0 Å². The van der Waals surface area contributed by atoms with E-state index in [9.17, 15) is 5.26 Å². The highest BCUT2D eigenvalue weighted by atomic mass is 16.5. The summed E-state index contributed by atoms with van der Waals surface area (Å²) in [5, 5.41) is 21.3. The average molecular weight is 343 g/mol. The fraction of sp³-hybridized carbons (Fsp3) is 0.0526. The third-order valence-electron chi connectivity index (χ3n) is 3.39. The number of hydrogen-bond donors (Lipinski definition) is 1. The SMILES string of the molecule is COc1ccnc(Nc2ccc(C#N)c(Oc3cccc(C#N)c3)c2)n1. The summed E-state index contributed by atoms with van der Waals surface area (Å²) in [6.45, 7) is 0. The van der Waals surface area contributed by atoms with Crippen LogP contribution in [0.3, 0.4) is 0 Å². The molecule has 0 spiro atoms. The Labute approximate surface area is 150 Å². The Morgan fingerprint density at radius 3 is 2.69 bits per heavy atom. The highest BCUT2D eigenvalue weighted by Crippen LogP contribution is 2.29. The molecular formula is C19H13N5O2. The zero-order valence-electron chi connectivity index (χ0n) is 13.8. The van der Waals surface area contributed by atoms with Crippen molar-refractivity contribution in [3.05, 3.63) is 65.9 Å². The van der Waals surface area contributed by atoms with E-state index in [1.807, 2.05) is 0 Å². The van der Waals surface area contributed by atoms with Crippen molar-refractivity contribution in [1.82, 2.24) is 9.97 Å². The van der Waals surface area contributed by atoms with Gasteiger partial charge >= 0.3 is 0 Å². The lowest BCUT2D eigenvalue weighted by Crippen LogP contribution is -1.99. The Balaban J connectivity index is 1.88. The van der Waals surface area contributed by atoms with E-state index >= 15 is 0 Å². The van der Waals surface area contributed by atoms with E-state index in [1.54, 1.807) is 54.7 Å². The molecule has 2 aromatic carbocycles. The van der Waals surface area contributed by atoms with Gasteiger partial charge in [-0.05, 0) is 30.3 Å². The zero-order valence-corrected chi connectivity index (χ0v) is 13.8. The molecule has 1 N–H and O–H groups in total. The van der Waals surface area contributed by atoms with Gasteiger partial charge in [-0.1, -0.05) is 6.07 Å². The lowest BCUT2D eigenvalue weighted by Gasteiger charge is -2.11. The summed E-state index contributed by atoms with van der Waals surface area (Å²) in [5.41, 5.74) is 1.48. The maximum absolute atomic E-state index is 9.30. The minimum atomic E-state index is 0.353. The van der Waals surface area contributed by atoms with E-state index in [1.165, 1.54) is 7.11 Å². The first-order chi connectivity index (χ1) is 12.7. The molecule has 26 heavy (non-hydrogen) atoms. The molecule has 0 atom stereocenters. The van der Waals surface area contributed by atoms with Crippen molar-refractivity contribution in [3.63, 3.8) is 0 Å². The number of methoxy groups -OCH3 is 1. The van der Waals surface area contributed by atoms with E-state index in [-0.39, 0.29) is 0 Å². The molecule has 0 saturated carbocycles. The molecule has 3 rings (SSSR count).